The molecule has 0 bridgehead atoms. The van der Waals surface area contributed by atoms with Crippen LogP contribution in [-0.2, 0) is 13.0 Å². The zero-order valence-corrected chi connectivity index (χ0v) is 16.6. The average Bonchev–Trinajstić information content (AvgIpc) is 3.44. The fourth-order valence-corrected chi connectivity index (χ4v) is 3.30. The minimum atomic E-state index is -0.120. The van der Waals surface area contributed by atoms with E-state index in [1.807, 2.05) is 13.8 Å². The van der Waals surface area contributed by atoms with Gasteiger partial charge >= 0.3 is 6.03 Å². The molecule has 1 fully saturated rings. The number of amides is 2. The molecule has 6 heteroatoms. The maximum absolute atomic E-state index is 12.7. The Hall–Kier alpha value is -2.63. The first-order valence-electron chi connectivity index (χ1n) is 9.58. The highest BCUT2D eigenvalue weighted by Gasteiger charge is 2.33. The van der Waals surface area contributed by atoms with E-state index >= 15 is 0 Å². The molecule has 0 saturated heterocycles. The quantitative estimate of drug-likeness (QED) is 0.823. The number of hydrogen-bond donors (Lipinski definition) is 2. The van der Waals surface area contributed by atoms with Crippen LogP contribution in [0.3, 0.4) is 0 Å². The Kier molecular flexibility index (Phi) is 5.63. The molecule has 0 aliphatic heterocycles. The lowest BCUT2D eigenvalue weighted by atomic mass is 9.98. The van der Waals surface area contributed by atoms with E-state index < -0.39 is 0 Å². The molecule has 1 saturated carbocycles. The Balaban J connectivity index is 1.83. The van der Waals surface area contributed by atoms with Crippen LogP contribution in [0.15, 0.2) is 23.0 Å². The molecule has 1 aliphatic rings. The van der Waals surface area contributed by atoms with Crippen molar-refractivity contribution in [3.05, 3.63) is 62.3 Å². The highest BCUT2D eigenvalue weighted by molar-refractivity contribution is 5.74. The molecule has 0 atom stereocenters. The fraction of sp³-hybridized carbons (Fsp3) is 0.476. The summed E-state index contributed by atoms with van der Waals surface area (Å²) < 4.78 is 0. The number of nitrogens with zero attached hydrogens (tertiary/aromatic N) is 2. The standard InChI is InChI=1S/C21H28N4O2/c1-5-22-21(27)25(17-8-9-17)12-19-23-15(4)18(20(26)24-19)11-16-10-13(2)6-7-14(16)3/h6-7,10,17H,5,8-9,11-12H2,1-4H3,(H,22,27)(H,23,24,26). The number of benzene rings is 1. The third kappa shape index (κ3) is 4.56. The van der Waals surface area contributed by atoms with Crippen molar-refractivity contribution < 1.29 is 4.79 Å². The lowest BCUT2D eigenvalue weighted by Gasteiger charge is -2.22. The van der Waals surface area contributed by atoms with Gasteiger partial charge in [-0.1, -0.05) is 23.8 Å². The van der Waals surface area contributed by atoms with Gasteiger partial charge in [-0.2, -0.15) is 0 Å². The summed E-state index contributed by atoms with van der Waals surface area (Å²) in [4.78, 5) is 34.2. The summed E-state index contributed by atoms with van der Waals surface area (Å²) in [5.74, 6) is 0.542. The number of urea groups is 1. The van der Waals surface area contributed by atoms with Crippen LogP contribution in [0.5, 0.6) is 0 Å². The highest BCUT2D eigenvalue weighted by Crippen LogP contribution is 2.28. The smallest absolute Gasteiger partial charge is 0.318 e. The molecule has 2 amide bonds. The summed E-state index contributed by atoms with van der Waals surface area (Å²) in [5, 5.41) is 2.84. The van der Waals surface area contributed by atoms with Gasteiger partial charge in [0.1, 0.15) is 5.82 Å². The summed E-state index contributed by atoms with van der Waals surface area (Å²) in [5.41, 5.74) is 4.77. The number of aromatic amines is 1. The van der Waals surface area contributed by atoms with E-state index in [0.29, 0.717) is 30.9 Å². The lowest BCUT2D eigenvalue weighted by molar-refractivity contribution is 0.191. The third-order valence-corrected chi connectivity index (χ3v) is 5.04. The molecule has 2 aromatic rings. The molecule has 0 spiro atoms. The Labute approximate surface area is 160 Å². The van der Waals surface area contributed by atoms with E-state index in [9.17, 15) is 9.59 Å². The minimum Gasteiger partial charge on any atom is -0.338 e. The number of aryl methyl sites for hydroxylation is 3. The first-order chi connectivity index (χ1) is 12.9. The molecule has 1 aliphatic carbocycles. The van der Waals surface area contributed by atoms with Gasteiger partial charge in [0, 0.05) is 30.3 Å². The topological polar surface area (TPSA) is 78.1 Å². The van der Waals surface area contributed by atoms with Gasteiger partial charge in [-0.25, -0.2) is 9.78 Å². The summed E-state index contributed by atoms with van der Waals surface area (Å²) in [6, 6.07) is 6.42. The van der Waals surface area contributed by atoms with E-state index in [-0.39, 0.29) is 17.6 Å². The van der Waals surface area contributed by atoms with Gasteiger partial charge in [-0.15, -0.1) is 0 Å². The van der Waals surface area contributed by atoms with Crippen LogP contribution < -0.4 is 10.9 Å². The number of carbonyl (C=O) groups is 1. The van der Waals surface area contributed by atoms with Gasteiger partial charge in [0.25, 0.3) is 5.56 Å². The predicted molar refractivity (Wildman–Crippen MR) is 106 cm³/mol. The summed E-state index contributed by atoms with van der Waals surface area (Å²) in [6.45, 7) is 8.79. The van der Waals surface area contributed by atoms with Gasteiger partial charge in [-0.3, -0.25) is 4.79 Å². The van der Waals surface area contributed by atoms with E-state index in [1.165, 1.54) is 11.1 Å². The summed E-state index contributed by atoms with van der Waals surface area (Å²) in [6.07, 6.45) is 2.57. The van der Waals surface area contributed by atoms with Crippen LogP contribution in [0, 0.1) is 20.8 Å². The van der Waals surface area contributed by atoms with Crippen molar-refractivity contribution in [3.8, 4) is 0 Å². The van der Waals surface area contributed by atoms with E-state index in [0.717, 1.165) is 24.1 Å². The van der Waals surface area contributed by atoms with E-state index in [2.05, 4.69) is 47.3 Å². The minimum absolute atomic E-state index is 0.0974. The summed E-state index contributed by atoms with van der Waals surface area (Å²) in [7, 11) is 0. The number of aromatic nitrogens is 2. The van der Waals surface area contributed by atoms with Crippen LogP contribution >= 0.6 is 0 Å². The number of hydrogen-bond acceptors (Lipinski definition) is 3. The second kappa shape index (κ2) is 7.94. The molecule has 1 aromatic heterocycles. The Morgan fingerprint density at radius 3 is 2.67 bits per heavy atom. The Morgan fingerprint density at radius 2 is 2.04 bits per heavy atom. The van der Waals surface area contributed by atoms with Crippen molar-refractivity contribution in [2.75, 3.05) is 6.54 Å². The van der Waals surface area contributed by atoms with Crippen molar-refractivity contribution >= 4 is 6.03 Å². The molecule has 6 nitrogen and oxygen atoms in total. The van der Waals surface area contributed by atoms with E-state index in [1.54, 1.807) is 4.90 Å². The zero-order valence-electron chi connectivity index (χ0n) is 16.6. The second-order valence-corrected chi connectivity index (χ2v) is 7.38. The number of rotatable bonds is 6. The number of H-pyrrole nitrogens is 1. The monoisotopic (exact) mass is 368 g/mol. The Bertz CT molecular complexity index is 900. The average molecular weight is 368 g/mol. The van der Waals surface area contributed by atoms with Crippen molar-refractivity contribution in [1.82, 2.24) is 20.2 Å². The first-order valence-corrected chi connectivity index (χ1v) is 9.58. The van der Waals surface area contributed by atoms with Crippen molar-refractivity contribution in [3.63, 3.8) is 0 Å². The van der Waals surface area contributed by atoms with Gasteiger partial charge in [0.05, 0.1) is 6.54 Å². The van der Waals surface area contributed by atoms with Gasteiger partial charge in [0.15, 0.2) is 0 Å². The first kappa shape index (κ1) is 19.1. The molecule has 0 unspecified atom stereocenters. The number of nitrogens with one attached hydrogen (secondary N) is 2. The van der Waals surface area contributed by atoms with Gasteiger partial charge in [0.2, 0.25) is 0 Å². The molecule has 3 rings (SSSR count). The maximum atomic E-state index is 12.7. The normalized spacial score (nSPS) is 13.5. The van der Waals surface area contributed by atoms with Crippen molar-refractivity contribution in [2.45, 2.75) is 59.5 Å². The van der Waals surface area contributed by atoms with Gasteiger partial charge in [-0.05, 0) is 51.7 Å². The maximum Gasteiger partial charge on any atom is 0.318 e. The van der Waals surface area contributed by atoms with Crippen molar-refractivity contribution in [1.29, 1.82) is 0 Å². The zero-order chi connectivity index (χ0) is 19.6. The largest absolute Gasteiger partial charge is 0.338 e. The fourth-order valence-electron chi connectivity index (χ4n) is 3.30. The van der Waals surface area contributed by atoms with Crippen LogP contribution in [0.4, 0.5) is 4.79 Å². The molecular formula is C21H28N4O2. The highest BCUT2D eigenvalue weighted by atomic mass is 16.2. The molecular weight excluding hydrogens is 340 g/mol. The SMILES string of the molecule is CCNC(=O)N(Cc1nc(C)c(Cc2cc(C)ccc2C)c(=O)[nH]1)C1CC1. The van der Waals surface area contributed by atoms with Crippen LogP contribution in [0.25, 0.3) is 0 Å². The van der Waals surface area contributed by atoms with Crippen LogP contribution in [0.1, 0.15) is 53.5 Å². The lowest BCUT2D eigenvalue weighted by Crippen LogP contribution is -2.41. The molecule has 1 aromatic carbocycles. The molecule has 1 heterocycles. The molecule has 144 valence electrons. The van der Waals surface area contributed by atoms with E-state index in [4.69, 9.17) is 0 Å². The van der Waals surface area contributed by atoms with Gasteiger partial charge < -0.3 is 15.2 Å². The predicted octanol–water partition coefficient (Wildman–Crippen LogP) is 2.98. The molecule has 27 heavy (non-hydrogen) atoms. The molecule has 2 N–H and O–H groups in total. The number of carbonyl (C=O) groups excluding carboxylic acids is 1. The van der Waals surface area contributed by atoms with Crippen LogP contribution in [-0.4, -0.2) is 33.5 Å². The second-order valence-electron chi connectivity index (χ2n) is 7.38. The molecule has 0 radical (unpaired) electrons. The summed E-state index contributed by atoms with van der Waals surface area (Å²) >= 11 is 0. The third-order valence-electron chi connectivity index (χ3n) is 5.04. The van der Waals surface area contributed by atoms with Crippen LogP contribution in [0.2, 0.25) is 0 Å². The van der Waals surface area contributed by atoms with Crippen molar-refractivity contribution in [2.24, 2.45) is 0 Å². The Morgan fingerprint density at radius 1 is 1.30 bits per heavy atom.